The van der Waals surface area contributed by atoms with E-state index >= 15 is 0 Å². The van der Waals surface area contributed by atoms with Crippen molar-refractivity contribution < 1.29 is 9.90 Å². The first-order chi connectivity index (χ1) is 9.08. The number of hydrogen-bond donors (Lipinski definition) is 2. The smallest absolute Gasteiger partial charge is 0.356 e. The Balaban J connectivity index is 2.22. The Hall–Kier alpha value is -1.95. The van der Waals surface area contributed by atoms with Gasteiger partial charge < -0.3 is 10.4 Å². The highest BCUT2D eigenvalue weighted by Gasteiger charge is 2.18. The van der Waals surface area contributed by atoms with Gasteiger partial charge in [0.15, 0.2) is 5.69 Å². The van der Waals surface area contributed by atoms with Crippen LogP contribution in [0.25, 0.3) is 0 Å². The largest absolute Gasteiger partial charge is 0.476 e. The van der Waals surface area contributed by atoms with Gasteiger partial charge in [-0.2, -0.15) is 0 Å². The molecule has 0 aliphatic rings. The molecule has 2 aromatic rings. The van der Waals surface area contributed by atoms with Crippen LogP contribution in [-0.2, 0) is 0 Å². The minimum Gasteiger partial charge on any atom is -0.476 e. The first kappa shape index (κ1) is 13.5. The predicted octanol–water partition coefficient (Wildman–Crippen LogP) is 3.05. The molecule has 0 amide bonds. The van der Waals surface area contributed by atoms with Crippen LogP contribution in [-0.4, -0.2) is 21.0 Å². The standard InChI is InChI=1S/C13H15N3O2S/c1-8(2)12(10-4-3-5-19-10)16-11-7-14-6-9(15-11)13(17)18/h3-8,12H,1-2H3,(H,15,16)(H,17,18). The van der Waals surface area contributed by atoms with Crippen molar-refractivity contribution in [3.63, 3.8) is 0 Å². The second-order valence-corrected chi connectivity index (χ2v) is 5.46. The molecule has 2 aromatic heterocycles. The lowest BCUT2D eigenvalue weighted by Gasteiger charge is -2.21. The van der Waals surface area contributed by atoms with Crippen LogP contribution >= 0.6 is 11.3 Å². The third-order valence-corrected chi connectivity index (χ3v) is 3.63. The minimum atomic E-state index is -1.08. The zero-order chi connectivity index (χ0) is 13.8. The Morgan fingerprint density at radius 1 is 1.42 bits per heavy atom. The molecule has 0 radical (unpaired) electrons. The lowest BCUT2D eigenvalue weighted by molar-refractivity contribution is 0.0690. The first-order valence-electron chi connectivity index (χ1n) is 5.93. The average Bonchev–Trinajstić information content (AvgIpc) is 2.89. The van der Waals surface area contributed by atoms with Crippen molar-refractivity contribution in [2.75, 3.05) is 5.32 Å². The van der Waals surface area contributed by atoms with Crippen LogP contribution in [0.4, 0.5) is 5.82 Å². The molecule has 0 aliphatic heterocycles. The highest BCUT2D eigenvalue weighted by atomic mass is 32.1. The summed E-state index contributed by atoms with van der Waals surface area (Å²) >= 11 is 1.66. The van der Waals surface area contributed by atoms with Crippen molar-refractivity contribution in [2.45, 2.75) is 19.9 Å². The fourth-order valence-corrected chi connectivity index (χ4v) is 2.68. The molecular weight excluding hydrogens is 262 g/mol. The molecule has 1 atom stereocenters. The summed E-state index contributed by atoms with van der Waals surface area (Å²) in [5.74, 6) is -0.241. The number of thiophene rings is 1. The van der Waals surface area contributed by atoms with E-state index in [1.54, 1.807) is 11.3 Å². The summed E-state index contributed by atoms with van der Waals surface area (Å²) in [6.45, 7) is 4.21. The number of nitrogens with one attached hydrogen (secondary N) is 1. The minimum absolute atomic E-state index is 0.0568. The maximum atomic E-state index is 10.9. The molecule has 0 aliphatic carbocycles. The van der Waals surface area contributed by atoms with Crippen LogP contribution in [0.15, 0.2) is 29.9 Å². The third kappa shape index (κ3) is 3.29. The summed E-state index contributed by atoms with van der Waals surface area (Å²) in [6.07, 6.45) is 2.78. The van der Waals surface area contributed by atoms with Gasteiger partial charge in [0.05, 0.1) is 18.4 Å². The zero-order valence-corrected chi connectivity index (χ0v) is 11.5. The molecule has 0 spiro atoms. The zero-order valence-electron chi connectivity index (χ0n) is 10.7. The van der Waals surface area contributed by atoms with Gasteiger partial charge in [-0.15, -0.1) is 11.3 Å². The molecule has 0 saturated carbocycles. The third-order valence-electron chi connectivity index (χ3n) is 2.67. The van der Waals surface area contributed by atoms with Gasteiger partial charge in [-0.05, 0) is 17.4 Å². The van der Waals surface area contributed by atoms with Crippen LogP contribution in [0, 0.1) is 5.92 Å². The molecule has 0 fully saturated rings. The van der Waals surface area contributed by atoms with E-state index < -0.39 is 5.97 Å². The highest BCUT2D eigenvalue weighted by molar-refractivity contribution is 7.10. The Morgan fingerprint density at radius 3 is 2.79 bits per heavy atom. The van der Waals surface area contributed by atoms with Gasteiger partial charge in [-0.3, -0.25) is 4.98 Å². The van der Waals surface area contributed by atoms with E-state index in [1.807, 2.05) is 11.4 Å². The number of carboxylic acid groups (broad SMARTS) is 1. The molecule has 6 heteroatoms. The number of aromatic nitrogens is 2. The Morgan fingerprint density at radius 2 is 2.21 bits per heavy atom. The fraction of sp³-hybridized carbons (Fsp3) is 0.308. The van der Waals surface area contributed by atoms with E-state index in [-0.39, 0.29) is 11.7 Å². The number of aromatic carboxylic acids is 1. The van der Waals surface area contributed by atoms with Crippen molar-refractivity contribution in [2.24, 2.45) is 5.92 Å². The average molecular weight is 277 g/mol. The van der Waals surface area contributed by atoms with Crippen molar-refractivity contribution in [1.29, 1.82) is 0 Å². The second-order valence-electron chi connectivity index (χ2n) is 4.48. The number of rotatable bonds is 5. The van der Waals surface area contributed by atoms with Crippen LogP contribution in [0.2, 0.25) is 0 Å². The second kappa shape index (κ2) is 5.79. The van der Waals surface area contributed by atoms with Crippen LogP contribution < -0.4 is 5.32 Å². The van der Waals surface area contributed by atoms with Gasteiger partial charge in [-0.1, -0.05) is 19.9 Å². The topological polar surface area (TPSA) is 75.1 Å². The normalized spacial score (nSPS) is 12.4. The predicted molar refractivity (Wildman–Crippen MR) is 74.5 cm³/mol. The number of anilines is 1. The Bertz CT molecular complexity index is 555. The van der Waals surface area contributed by atoms with Gasteiger partial charge in [0.2, 0.25) is 0 Å². The SMILES string of the molecule is CC(C)C(Nc1cncc(C(=O)O)n1)c1cccs1. The Kier molecular flexibility index (Phi) is 4.11. The fourth-order valence-electron chi connectivity index (χ4n) is 1.73. The molecule has 19 heavy (non-hydrogen) atoms. The summed E-state index contributed by atoms with van der Waals surface area (Å²) in [6, 6.07) is 4.14. The van der Waals surface area contributed by atoms with Crippen molar-refractivity contribution in [3.05, 3.63) is 40.5 Å². The van der Waals surface area contributed by atoms with Crippen LogP contribution in [0.5, 0.6) is 0 Å². The van der Waals surface area contributed by atoms with E-state index in [4.69, 9.17) is 5.11 Å². The lowest BCUT2D eigenvalue weighted by atomic mass is 10.0. The number of nitrogens with zero attached hydrogens (tertiary/aromatic N) is 2. The van der Waals surface area contributed by atoms with Gasteiger partial charge >= 0.3 is 5.97 Å². The van der Waals surface area contributed by atoms with E-state index in [0.29, 0.717) is 11.7 Å². The van der Waals surface area contributed by atoms with Crippen molar-refractivity contribution >= 4 is 23.1 Å². The lowest BCUT2D eigenvalue weighted by Crippen LogP contribution is -2.17. The monoisotopic (exact) mass is 277 g/mol. The molecule has 0 aromatic carbocycles. The van der Waals surface area contributed by atoms with Gasteiger partial charge in [-0.25, -0.2) is 9.78 Å². The maximum absolute atomic E-state index is 10.9. The summed E-state index contributed by atoms with van der Waals surface area (Å²) in [4.78, 5) is 20.0. The van der Waals surface area contributed by atoms with Gasteiger partial charge in [0, 0.05) is 4.88 Å². The first-order valence-corrected chi connectivity index (χ1v) is 6.81. The number of carboxylic acids is 1. The number of hydrogen-bond acceptors (Lipinski definition) is 5. The van der Waals surface area contributed by atoms with Crippen LogP contribution in [0.1, 0.15) is 35.3 Å². The molecule has 5 nitrogen and oxygen atoms in total. The van der Waals surface area contributed by atoms with Gasteiger partial charge in [0.1, 0.15) is 5.82 Å². The molecule has 100 valence electrons. The Labute approximate surface area is 115 Å². The summed E-state index contributed by atoms with van der Waals surface area (Å²) in [5, 5.41) is 14.2. The van der Waals surface area contributed by atoms with E-state index in [0.717, 1.165) is 0 Å². The molecular formula is C13H15N3O2S. The van der Waals surface area contributed by atoms with Crippen molar-refractivity contribution in [1.82, 2.24) is 9.97 Å². The molecule has 0 saturated heterocycles. The molecule has 1 unspecified atom stereocenters. The highest BCUT2D eigenvalue weighted by Crippen LogP contribution is 2.28. The van der Waals surface area contributed by atoms with Crippen molar-refractivity contribution in [3.8, 4) is 0 Å². The van der Waals surface area contributed by atoms with Crippen LogP contribution in [0.3, 0.4) is 0 Å². The van der Waals surface area contributed by atoms with E-state index in [1.165, 1.54) is 17.3 Å². The van der Waals surface area contributed by atoms with E-state index in [9.17, 15) is 4.79 Å². The molecule has 0 bridgehead atoms. The quantitative estimate of drug-likeness (QED) is 0.878. The summed E-state index contributed by atoms with van der Waals surface area (Å²) < 4.78 is 0. The maximum Gasteiger partial charge on any atom is 0.356 e. The molecule has 2 heterocycles. The van der Waals surface area contributed by atoms with Gasteiger partial charge in [0.25, 0.3) is 0 Å². The summed E-state index contributed by atoms with van der Waals surface area (Å²) in [5.41, 5.74) is -0.0568. The molecule has 2 N–H and O–H groups in total. The molecule has 2 rings (SSSR count). The number of carbonyl (C=O) groups is 1. The van der Waals surface area contributed by atoms with E-state index in [2.05, 4.69) is 35.2 Å². The summed E-state index contributed by atoms with van der Waals surface area (Å²) in [7, 11) is 0.